The molecule has 1 saturated heterocycles. The number of hydrogen-bond acceptors (Lipinski definition) is 4. The maximum Gasteiger partial charge on any atom is 0.172 e. The monoisotopic (exact) mass is 382 g/mol. The molecule has 23 heavy (non-hydrogen) atoms. The van der Waals surface area contributed by atoms with Crippen LogP contribution in [0.2, 0.25) is 0 Å². The fraction of sp³-hybridized carbons (Fsp3) is 0.667. The number of nitrogens with zero attached hydrogens (tertiary/aromatic N) is 1. The summed E-state index contributed by atoms with van der Waals surface area (Å²) in [5.41, 5.74) is 1.26. The van der Waals surface area contributed by atoms with E-state index in [1.165, 1.54) is 37.7 Å². The first-order valence-electron chi connectivity index (χ1n) is 8.72. The SMILES string of the molecule is COc1cc([C@H](C2CCCCC2)N2CCNCC2)cc(Br)c1O. The first-order valence-corrected chi connectivity index (χ1v) is 9.51. The standard InChI is InChI=1S/C18H27BrN2O2/c1-23-16-12-14(11-15(19)18(16)22)17(13-5-3-2-4-6-13)21-9-7-20-8-10-21/h11-13,17,20,22H,2-10H2,1H3/t17-/m0/s1. The Balaban J connectivity index is 1.94. The average molecular weight is 383 g/mol. The van der Waals surface area contributed by atoms with Crippen molar-refractivity contribution in [1.29, 1.82) is 0 Å². The van der Waals surface area contributed by atoms with Crippen LogP contribution < -0.4 is 10.1 Å². The molecule has 128 valence electrons. The minimum Gasteiger partial charge on any atom is -0.503 e. The summed E-state index contributed by atoms with van der Waals surface area (Å²) in [6.07, 6.45) is 6.64. The molecule has 1 saturated carbocycles. The van der Waals surface area contributed by atoms with Crippen molar-refractivity contribution in [3.05, 3.63) is 22.2 Å². The Bertz CT molecular complexity index is 508. The van der Waals surface area contributed by atoms with Gasteiger partial charge in [-0.25, -0.2) is 0 Å². The zero-order valence-corrected chi connectivity index (χ0v) is 15.4. The summed E-state index contributed by atoms with van der Waals surface area (Å²) >= 11 is 3.49. The lowest BCUT2D eigenvalue weighted by molar-refractivity contribution is 0.103. The van der Waals surface area contributed by atoms with Crippen LogP contribution in [0, 0.1) is 5.92 Å². The van der Waals surface area contributed by atoms with E-state index >= 15 is 0 Å². The molecular formula is C18H27BrN2O2. The Labute approximate surface area is 147 Å². The van der Waals surface area contributed by atoms with Gasteiger partial charge >= 0.3 is 0 Å². The highest BCUT2D eigenvalue weighted by Crippen LogP contribution is 2.43. The van der Waals surface area contributed by atoms with Gasteiger partial charge in [0.1, 0.15) is 0 Å². The normalized spacial score (nSPS) is 22.0. The molecule has 0 spiro atoms. The number of aromatic hydroxyl groups is 1. The predicted octanol–water partition coefficient (Wildman–Crippen LogP) is 3.69. The van der Waals surface area contributed by atoms with Crippen molar-refractivity contribution in [3.8, 4) is 11.5 Å². The van der Waals surface area contributed by atoms with Gasteiger partial charge in [0, 0.05) is 32.2 Å². The first-order chi connectivity index (χ1) is 11.2. The number of nitrogens with one attached hydrogen (secondary N) is 1. The van der Waals surface area contributed by atoms with Crippen molar-refractivity contribution in [2.75, 3.05) is 33.3 Å². The number of methoxy groups -OCH3 is 1. The van der Waals surface area contributed by atoms with Crippen molar-refractivity contribution in [2.45, 2.75) is 38.1 Å². The Morgan fingerprint density at radius 3 is 2.57 bits per heavy atom. The van der Waals surface area contributed by atoms with E-state index in [-0.39, 0.29) is 5.75 Å². The molecule has 4 nitrogen and oxygen atoms in total. The maximum atomic E-state index is 10.1. The van der Waals surface area contributed by atoms with E-state index in [2.05, 4.69) is 32.2 Å². The number of halogens is 1. The van der Waals surface area contributed by atoms with E-state index in [1.54, 1.807) is 7.11 Å². The summed E-state index contributed by atoms with van der Waals surface area (Å²) in [4.78, 5) is 2.62. The minimum absolute atomic E-state index is 0.193. The smallest absolute Gasteiger partial charge is 0.172 e. The second kappa shape index (κ2) is 7.86. The van der Waals surface area contributed by atoms with Crippen LogP contribution in [0.4, 0.5) is 0 Å². The summed E-state index contributed by atoms with van der Waals surface area (Å²) in [7, 11) is 1.62. The molecule has 1 aliphatic heterocycles. The van der Waals surface area contributed by atoms with Gasteiger partial charge in [0.15, 0.2) is 11.5 Å². The number of ether oxygens (including phenoxy) is 1. The Morgan fingerprint density at radius 1 is 1.22 bits per heavy atom. The molecular weight excluding hydrogens is 356 g/mol. The van der Waals surface area contributed by atoms with Crippen LogP contribution in [0.1, 0.15) is 43.7 Å². The fourth-order valence-electron chi connectivity index (χ4n) is 4.11. The van der Waals surface area contributed by atoms with Crippen molar-refractivity contribution in [3.63, 3.8) is 0 Å². The molecule has 0 aromatic heterocycles. The molecule has 1 aromatic carbocycles. The van der Waals surface area contributed by atoms with Crippen LogP contribution in [0.25, 0.3) is 0 Å². The van der Waals surface area contributed by atoms with Crippen molar-refractivity contribution < 1.29 is 9.84 Å². The predicted molar refractivity (Wildman–Crippen MR) is 96.1 cm³/mol. The van der Waals surface area contributed by atoms with Gasteiger partial charge in [0.25, 0.3) is 0 Å². The summed E-state index contributed by atoms with van der Waals surface area (Å²) in [5, 5.41) is 13.6. The highest BCUT2D eigenvalue weighted by Gasteiger charge is 2.31. The quantitative estimate of drug-likeness (QED) is 0.833. The minimum atomic E-state index is 0.193. The lowest BCUT2D eigenvalue weighted by Gasteiger charge is -2.41. The van der Waals surface area contributed by atoms with Crippen LogP contribution in [-0.4, -0.2) is 43.3 Å². The summed E-state index contributed by atoms with van der Waals surface area (Å²) < 4.78 is 6.11. The maximum absolute atomic E-state index is 10.1. The van der Waals surface area contributed by atoms with Crippen LogP contribution in [0.15, 0.2) is 16.6 Å². The van der Waals surface area contributed by atoms with Gasteiger partial charge in [-0.2, -0.15) is 0 Å². The fourth-order valence-corrected chi connectivity index (χ4v) is 4.57. The van der Waals surface area contributed by atoms with Gasteiger partial charge in [-0.1, -0.05) is 19.3 Å². The summed E-state index contributed by atoms with van der Waals surface area (Å²) in [6.45, 7) is 4.28. The first kappa shape index (κ1) is 17.1. The largest absolute Gasteiger partial charge is 0.503 e. The van der Waals surface area contributed by atoms with Crippen molar-refractivity contribution in [1.82, 2.24) is 10.2 Å². The van der Waals surface area contributed by atoms with Gasteiger partial charge in [0.2, 0.25) is 0 Å². The second-order valence-corrected chi connectivity index (χ2v) is 7.54. The lowest BCUT2D eigenvalue weighted by atomic mass is 9.80. The van der Waals surface area contributed by atoms with Crippen LogP contribution in [0.5, 0.6) is 11.5 Å². The molecule has 5 heteroatoms. The zero-order valence-electron chi connectivity index (χ0n) is 13.9. The average Bonchev–Trinajstić information content (AvgIpc) is 2.60. The molecule has 0 radical (unpaired) electrons. The van der Waals surface area contributed by atoms with Gasteiger partial charge in [-0.05, 0) is 52.4 Å². The molecule has 1 aliphatic carbocycles. The molecule has 1 atom stereocenters. The van der Waals surface area contributed by atoms with E-state index in [9.17, 15) is 5.11 Å². The summed E-state index contributed by atoms with van der Waals surface area (Å²) in [5.74, 6) is 1.45. The van der Waals surface area contributed by atoms with E-state index in [4.69, 9.17) is 4.74 Å². The van der Waals surface area contributed by atoms with E-state index < -0.39 is 0 Å². The number of hydrogen-bond donors (Lipinski definition) is 2. The second-order valence-electron chi connectivity index (χ2n) is 6.68. The van der Waals surface area contributed by atoms with Crippen LogP contribution in [0.3, 0.4) is 0 Å². The molecule has 1 aromatic rings. The number of phenolic OH excluding ortho intramolecular Hbond substituents is 1. The van der Waals surface area contributed by atoms with E-state index in [1.807, 2.05) is 6.07 Å². The Kier molecular flexibility index (Phi) is 5.83. The molecule has 1 heterocycles. The number of piperazine rings is 1. The zero-order chi connectivity index (χ0) is 16.2. The molecule has 2 fully saturated rings. The molecule has 0 bridgehead atoms. The number of benzene rings is 1. The molecule has 0 unspecified atom stereocenters. The van der Waals surface area contributed by atoms with Crippen molar-refractivity contribution in [2.24, 2.45) is 5.92 Å². The lowest BCUT2D eigenvalue weighted by Crippen LogP contribution is -2.47. The highest BCUT2D eigenvalue weighted by molar-refractivity contribution is 9.10. The Hall–Kier alpha value is -0.780. The molecule has 2 aliphatic rings. The third kappa shape index (κ3) is 3.83. The third-order valence-electron chi connectivity index (χ3n) is 5.25. The van der Waals surface area contributed by atoms with Crippen molar-refractivity contribution >= 4 is 15.9 Å². The Morgan fingerprint density at radius 2 is 1.91 bits per heavy atom. The third-order valence-corrected chi connectivity index (χ3v) is 5.86. The topological polar surface area (TPSA) is 44.7 Å². The van der Waals surface area contributed by atoms with Gasteiger partial charge < -0.3 is 15.2 Å². The van der Waals surface area contributed by atoms with Gasteiger partial charge in [-0.3, -0.25) is 4.90 Å². The van der Waals surface area contributed by atoms with E-state index in [0.717, 1.165) is 30.7 Å². The highest BCUT2D eigenvalue weighted by atomic mass is 79.9. The van der Waals surface area contributed by atoms with Crippen LogP contribution in [-0.2, 0) is 0 Å². The molecule has 2 N–H and O–H groups in total. The van der Waals surface area contributed by atoms with E-state index in [0.29, 0.717) is 17.7 Å². The number of rotatable bonds is 4. The molecule has 0 amide bonds. The van der Waals surface area contributed by atoms with Gasteiger partial charge in [0.05, 0.1) is 11.6 Å². The van der Waals surface area contributed by atoms with Crippen LogP contribution >= 0.6 is 15.9 Å². The van der Waals surface area contributed by atoms with Gasteiger partial charge in [-0.15, -0.1) is 0 Å². The molecule has 3 rings (SSSR count). The number of phenols is 1. The summed E-state index contributed by atoms with van der Waals surface area (Å²) in [6, 6.07) is 4.53.